The highest BCUT2D eigenvalue weighted by Gasteiger charge is 2.08. The molecule has 1 aromatic carbocycles. The van der Waals surface area contributed by atoms with Crippen LogP contribution in [0.15, 0.2) is 24.3 Å². The Kier molecular flexibility index (Phi) is 4.78. The first-order valence-corrected chi connectivity index (χ1v) is 5.38. The van der Waals surface area contributed by atoms with Gasteiger partial charge in [-0.15, -0.1) is 17.5 Å². The monoisotopic (exact) mass is 255 g/mol. The summed E-state index contributed by atoms with van der Waals surface area (Å²) in [6, 6.07) is 8.09. The molecule has 0 unspecified atom stereocenters. The van der Waals surface area contributed by atoms with Gasteiger partial charge in [-0.1, -0.05) is 12.1 Å². The van der Waals surface area contributed by atoms with E-state index in [4.69, 9.17) is 4.74 Å². The number of benzene rings is 1. The average molecular weight is 256 g/mol. The van der Waals surface area contributed by atoms with Crippen molar-refractivity contribution in [2.75, 3.05) is 27.2 Å². The van der Waals surface area contributed by atoms with Crippen molar-refractivity contribution < 1.29 is 4.74 Å². The minimum atomic E-state index is 0. The molecule has 2 aromatic rings. The van der Waals surface area contributed by atoms with Crippen molar-refractivity contribution in [3.8, 4) is 5.88 Å². The van der Waals surface area contributed by atoms with E-state index < -0.39 is 0 Å². The number of aryl methyl sites for hydroxylation is 1. The number of likely N-dealkylation sites (N-methyl/N-ethyl adjacent to an activating group) is 1. The van der Waals surface area contributed by atoms with Crippen LogP contribution in [-0.4, -0.2) is 41.9 Å². The Morgan fingerprint density at radius 1 is 1.29 bits per heavy atom. The van der Waals surface area contributed by atoms with Crippen molar-refractivity contribution in [2.24, 2.45) is 7.05 Å². The summed E-state index contributed by atoms with van der Waals surface area (Å²) >= 11 is 0. The third-order valence-electron chi connectivity index (χ3n) is 2.50. The zero-order valence-electron chi connectivity index (χ0n) is 10.4. The van der Waals surface area contributed by atoms with Crippen LogP contribution >= 0.6 is 12.4 Å². The summed E-state index contributed by atoms with van der Waals surface area (Å²) in [6.07, 6.45) is 0. The first kappa shape index (κ1) is 13.8. The smallest absolute Gasteiger partial charge is 0.240 e. The fourth-order valence-corrected chi connectivity index (χ4v) is 1.61. The molecule has 0 saturated carbocycles. The summed E-state index contributed by atoms with van der Waals surface area (Å²) < 4.78 is 7.52. The quantitative estimate of drug-likeness (QED) is 0.837. The lowest BCUT2D eigenvalue weighted by Crippen LogP contribution is -2.19. The highest BCUT2D eigenvalue weighted by Crippen LogP contribution is 2.23. The Morgan fingerprint density at radius 2 is 2.00 bits per heavy atom. The Bertz CT molecular complexity index is 482. The lowest BCUT2D eigenvalue weighted by atomic mass is 10.2. The zero-order valence-corrected chi connectivity index (χ0v) is 11.2. The lowest BCUT2D eigenvalue weighted by molar-refractivity contribution is 0.254. The van der Waals surface area contributed by atoms with Gasteiger partial charge in [0.2, 0.25) is 5.88 Å². The van der Waals surface area contributed by atoms with Gasteiger partial charge < -0.3 is 9.64 Å². The Morgan fingerprint density at radius 3 is 2.71 bits per heavy atom. The zero-order chi connectivity index (χ0) is 11.5. The second kappa shape index (κ2) is 5.89. The van der Waals surface area contributed by atoms with E-state index in [1.807, 2.05) is 50.1 Å². The van der Waals surface area contributed by atoms with Crippen LogP contribution in [0.5, 0.6) is 5.88 Å². The van der Waals surface area contributed by atoms with E-state index in [9.17, 15) is 0 Å². The SMILES string of the molecule is CN(C)CCOc1nn(C)c2ccccc12.Cl. The largest absolute Gasteiger partial charge is 0.475 e. The average Bonchev–Trinajstić information content (AvgIpc) is 2.57. The van der Waals surface area contributed by atoms with Crippen LogP contribution in [-0.2, 0) is 7.05 Å². The van der Waals surface area contributed by atoms with Gasteiger partial charge in [-0.05, 0) is 26.2 Å². The van der Waals surface area contributed by atoms with Crippen molar-refractivity contribution >= 4 is 23.3 Å². The molecule has 0 atom stereocenters. The van der Waals surface area contributed by atoms with Crippen LogP contribution in [0.25, 0.3) is 10.9 Å². The van der Waals surface area contributed by atoms with E-state index in [0.29, 0.717) is 6.61 Å². The van der Waals surface area contributed by atoms with Crippen LogP contribution in [0.2, 0.25) is 0 Å². The molecule has 1 heterocycles. The molecular formula is C12H18ClN3O. The molecule has 0 bridgehead atoms. The number of hydrogen-bond acceptors (Lipinski definition) is 3. The molecule has 94 valence electrons. The lowest BCUT2D eigenvalue weighted by Gasteiger charge is -2.09. The molecular weight excluding hydrogens is 238 g/mol. The van der Waals surface area contributed by atoms with Gasteiger partial charge in [0.1, 0.15) is 6.61 Å². The molecule has 0 radical (unpaired) electrons. The van der Waals surface area contributed by atoms with E-state index >= 15 is 0 Å². The molecule has 0 aliphatic rings. The van der Waals surface area contributed by atoms with Gasteiger partial charge in [-0.25, -0.2) is 0 Å². The number of aromatic nitrogens is 2. The van der Waals surface area contributed by atoms with Gasteiger partial charge in [0, 0.05) is 13.6 Å². The molecule has 5 heteroatoms. The third-order valence-corrected chi connectivity index (χ3v) is 2.50. The van der Waals surface area contributed by atoms with E-state index in [0.717, 1.165) is 23.3 Å². The number of ether oxygens (including phenoxy) is 1. The van der Waals surface area contributed by atoms with Crippen molar-refractivity contribution in [2.45, 2.75) is 0 Å². The van der Waals surface area contributed by atoms with Crippen LogP contribution in [0, 0.1) is 0 Å². The van der Waals surface area contributed by atoms with E-state index in [2.05, 4.69) is 10.00 Å². The summed E-state index contributed by atoms with van der Waals surface area (Å²) in [5, 5.41) is 5.44. The first-order chi connectivity index (χ1) is 7.68. The molecule has 2 rings (SSSR count). The normalized spacial score (nSPS) is 10.6. The van der Waals surface area contributed by atoms with Crippen molar-refractivity contribution in [3.63, 3.8) is 0 Å². The fourth-order valence-electron chi connectivity index (χ4n) is 1.61. The number of hydrogen-bond donors (Lipinski definition) is 0. The Labute approximate surface area is 108 Å². The van der Waals surface area contributed by atoms with Crippen molar-refractivity contribution in [1.29, 1.82) is 0 Å². The number of nitrogens with zero attached hydrogens (tertiary/aromatic N) is 3. The van der Waals surface area contributed by atoms with Gasteiger partial charge in [0.15, 0.2) is 0 Å². The maximum Gasteiger partial charge on any atom is 0.240 e. The fraction of sp³-hybridized carbons (Fsp3) is 0.417. The molecule has 0 aliphatic heterocycles. The molecule has 4 nitrogen and oxygen atoms in total. The maximum absolute atomic E-state index is 5.68. The minimum Gasteiger partial charge on any atom is -0.475 e. The molecule has 17 heavy (non-hydrogen) atoms. The summed E-state index contributed by atoms with van der Waals surface area (Å²) in [5.41, 5.74) is 1.10. The van der Waals surface area contributed by atoms with Gasteiger partial charge in [0.25, 0.3) is 0 Å². The molecule has 0 aliphatic carbocycles. The van der Waals surface area contributed by atoms with Crippen LogP contribution in [0.1, 0.15) is 0 Å². The van der Waals surface area contributed by atoms with E-state index in [-0.39, 0.29) is 12.4 Å². The van der Waals surface area contributed by atoms with Gasteiger partial charge in [0.05, 0.1) is 10.9 Å². The first-order valence-electron chi connectivity index (χ1n) is 5.38. The molecule has 0 saturated heterocycles. The van der Waals surface area contributed by atoms with Gasteiger partial charge in [-0.3, -0.25) is 4.68 Å². The maximum atomic E-state index is 5.68. The van der Waals surface area contributed by atoms with Crippen molar-refractivity contribution in [3.05, 3.63) is 24.3 Å². The number of halogens is 1. The molecule has 0 spiro atoms. The summed E-state index contributed by atoms with van der Waals surface area (Å²) in [7, 11) is 5.99. The number of para-hydroxylation sites is 1. The highest BCUT2D eigenvalue weighted by molar-refractivity contribution is 5.85. The molecule has 0 N–H and O–H groups in total. The van der Waals surface area contributed by atoms with Crippen LogP contribution in [0.4, 0.5) is 0 Å². The third kappa shape index (κ3) is 3.11. The number of rotatable bonds is 4. The topological polar surface area (TPSA) is 30.3 Å². The van der Waals surface area contributed by atoms with E-state index in [1.54, 1.807) is 0 Å². The molecule has 0 amide bonds. The molecule has 1 aromatic heterocycles. The minimum absolute atomic E-state index is 0. The van der Waals surface area contributed by atoms with Gasteiger partial charge >= 0.3 is 0 Å². The standard InChI is InChI=1S/C12H17N3O.ClH/c1-14(2)8-9-16-12-10-6-4-5-7-11(10)15(3)13-12;/h4-7H,8-9H2,1-3H3;1H. The van der Waals surface area contributed by atoms with Crippen LogP contribution < -0.4 is 4.74 Å². The summed E-state index contributed by atoms with van der Waals surface area (Å²) in [4.78, 5) is 2.09. The van der Waals surface area contributed by atoms with E-state index in [1.165, 1.54) is 0 Å². The molecule has 0 fully saturated rings. The Hall–Kier alpha value is -1.26. The second-order valence-electron chi connectivity index (χ2n) is 4.10. The predicted molar refractivity (Wildman–Crippen MR) is 72.0 cm³/mol. The van der Waals surface area contributed by atoms with Crippen molar-refractivity contribution in [1.82, 2.24) is 14.7 Å². The summed E-state index contributed by atoms with van der Waals surface area (Å²) in [6.45, 7) is 1.55. The highest BCUT2D eigenvalue weighted by atomic mass is 35.5. The van der Waals surface area contributed by atoms with Crippen LogP contribution in [0.3, 0.4) is 0 Å². The summed E-state index contributed by atoms with van der Waals surface area (Å²) in [5.74, 6) is 0.722. The van der Waals surface area contributed by atoms with Gasteiger partial charge in [-0.2, -0.15) is 0 Å². The Balaban J connectivity index is 0.00000144. The predicted octanol–water partition coefficient (Wildman–Crippen LogP) is 1.94. The second-order valence-corrected chi connectivity index (χ2v) is 4.10. The number of fused-ring (bicyclic) bond motifs is 1.